The molecule has 0 unspecified atom stereocenters. The van der Waals surface area contributed by atoms with Crippen LogP contribution in [0.2, 0.25) is 0 Å². The zero-order chi connectivity index (χ0) is 23.9. The van der Waals surface area contributed by atoms with Crippen LogP contribution in [0.3, 0.4) is 0 Å². The van der Waals surface area contributed by atoms with Crippen molar-refractivity contribution in [2.45, 2.75) is 12.1 Å². The summed E-state index contributed by atoms with van der Waals surface area (Å²) in [6.07, 6.45) is 0. The molecule has 0 saturated carbocycles. The maximum absolute atomic E-state index is 12.5. The number of phenolic OH excluding ortho intramolecular Hbond substituents is 1. The molecule has 0 saturated heterocycles. The first-order valence-corrected chi connectivity index (χ1v) is 11.4. The van der Waals surface area contributed by atoms with Gasteiger partial charge in [0.25, 0.3) is 5.91 Å². The molecule has 0 aliphatic carbocycles. The first-order chi connectivity index (χ1) is 16.5. The molecule has 2 N–H and O–H groups in total. The van der Waals surface area contributed by atoms with Gasteiger partial charge in [0.2, 0.25) is 0 Å². The van der Waals surface area contributed by atoms with Crippen molar-refractivity contribution in [1.29, 1.82) is 0 Å². The highest BCUT2D eigenvalue weighted by molar-refractivity contribution is 7.99. The molecule has 8 nitrogen and oxygen atoms in total. The average molecular weight is 474 g/mol. The van der Waals surface area contributed by atoms with Gasteiger partial charge in [0.05, 0.1) is 18.6 Å². The van der Waals surface area contributed by atoms with Crippen molar-refractivity contribution in [2.75, 3.05) is 12.9 Å². The Labute approximate surface area is 201 Å². The second kappa shape index (κ2) is 10.7. The molecule has 1 heterocycles. The van der Waals surface area contributed by atoms with Gasteiger partial charge in [-0.3, -0.25) is 9.36 Å². The standard InChI is InChI=1S/C25H23N5O3S/c1-17(19-9-6-10-21(31)15-19)26-27-23(32)16-34-25-29-28-24(18-7-4-3-5-8-18)30(25)20-11-13-22(33-2)14-12-20/h3-15,31H,16H2,1-2H3,(H,27,32)/b26-17+. The number of rotatable bonds is 8. The first-order valence-electron chi connectivity index (χ1n) is 10.5. The summed E-state index contributed by atoms with van der Waals surface area (Å²) >= 11 is 1.26. The molecular formula is C25H23N5O3S. The van der Waals surface area contributed by atoms with E-state index < -0.39 is 0 Å². The molecule has 0 radical (unpaired) electrons. The van der Waals surface area contributed by atoms with Gasteiger partial charge in [-0.15, -0.1) is 10.2 Å². The minimum Gasteiger partial charge on any atom is -0.508 e. The van der Waals surface area contributed by atoms with Gasteiger partial charge in [-0.2, -0.15) is 5.10 Å². The second-order valence-corrected chi connectivity index (χ2v) is 8.22. The Bertz CT molecular complexity index is 1300. The predicted octanol–water partition coefficient (Wildman–Crippen LogP) is 4.28. The van der Waals surface area contributed by atoms with Crippen LogP contribution in [-0.2, 0) is 4.79 Å². The van der Waals surface area contributed by atoms with Crippen LogP contribution in [0.25, 0.3) is 17.1 Å². The molecular weight excluding hydrogens is 450 g/mol. The van der Waals surface area contributed by atoms with Crippen LogP contribution in [0.4, 0.5) is 0 Å². The van der Waals surface area contributed by atoms with Crippen LogP contribution in [0.5, 0.6) is 11.5 Å². The number of hydrogen-bond acceptors (Lipinski definition) is 7. The van der Waals surface area contributed by atoms with Crippen molar-refractivity contribution in [3.8, 4) is 28.6 Å². The summed E-state index contributed by atoms with van der Waals surface area (Å²) in [4.78, 5) is 12.5. The molecule has 172 valence electrons. The monoisotopic (exact) mass is 473 g/mol. The molecule has 0 aliphatic rings. The zero-order valence-corrected chi connectivity index (χ0v) is 19.5. The summed E-state index contributed by atoms with van der Waals surface area (Å²) in [5.74, 6) is 1.37. The van der Waals surface area contributed by atoms with E-state index in [0.29, 0.717) is 16.7 Å². The molecule has 0 atom stereocenters. The number of aromatic hydroxyl groups is 1. The highest BCUT2D eigenvalue weighted by Gasteiger charge is 2.17. The van der Waals surface area contributed by atoms with Crippen LogP contribution in [0.15, 0.2) is 89.1 Å². The van der Waals surface area contributed by atoms with Gasteiger partial charge in [0, 0.05) is 16.8 Å². The molecule has 4 rings (SSSR count). The maximum atomic E-state index is 12.5. The van der Waals surface area contributed by atoms with E-state index in [2.05, 4.69) is 20.7 Å². The molecule has 4 aromatic rings. The minimum atomic E-state index is -0.282. The molecule has 0 bridgehead atoms. The number of carbonyl (C=O) groups is 1. The van der Waals surface area contributed by atoms with Gasteiger partial charge in [0.1, 0.15) is 11.5 Å². The second-order valence-electron chi connectivity index (χ2n) is 7.28. The number of nitrogens with one attached hydrogen (secondary N) is 1. The number of benzene rings is 3. The number of nitrogens with zero attached hydrogens (tertiary/aromatic N) is 4. The van der Waals surface area contributed by atoms with E-state index in [4.69, 9.17) is 4.74 Å². The van der Waals surface area contributed by atoms with E-state index in [1.165, 1.54) is 11.8 Å². The van der Waals surface area contributed by atoms with Crippen molar-refractivity contribution in [3.63, 3.8) is 0 Å². The van der Waals surface area contributed by atoms with Crippen LogP contribution in [-0.4, -0.2) is 44.4 Å². The number of methoxy groups -OCH3 is 1. The normalized spacial score (nSPS) is 11.3. The van der Waals surface area contributed by atoms with E-state index in [1.807, 2.05) is 65.2 Å². The van der Waals surface area contributed by atoms with Crippen LogP contribution < -0.4 is 10.2 Å². The summed E-state index contributed by atoms with van der Waals surface area (Å²) in [7, 11) is 1.62. The quantitative estimate of drug-likeness (QED) is 0.225. The lowest BCUT2D eigenvalue weighted by Gasteiger charge is -2.11. The number of hydrazone groups is 1. The van der Waals surface area contributed by atoms with Gasteiger partial charge >= 0.3 is 0 Å². The molecule has 9 heteroatoms. The van der Waals surface area contributed by atoms with E-state index in [9.17, 15) is 9.90 Å². The lowest BCUT2D eigenvalue weighted by Crippen LogP contribution is -2.21. The SMILES string of the molecule is COc1ccc(-n2c(SCC(=O)N/N=C(\C)c3cccc(O)c3)nnc2-c2ccccc2)cc1. The Balaban J connectivity index is 1.53. The van der Waals surface area contributed by atoms with Crippen LogP contribution in [0.1, 0.15) is 12.5 Å². The largest absolute Gasteiger partial charge is 0.508 e. The van der Waals surface area contributed by atoms with Crippen molar-refractivity contribution in [3.05, 3.63) is 84.4 Å². The molecule has 1 aromatic heterocycles. The molecule has 0 fully saturated rings. The fraction of sp³-hybridized carbons (Fsp3) is 0.120. The minimum absolute atomic E-state index is 0.0971. The van der Waals surface area contributed by atoms with Crippen molar-refractivity contribution >= 4 is 23.4 Å². The topological polar surface area (TPSA) is 102 Å². The van der Waals surface area contributed by atoms with Crippen molar-refractivity contribution in [1.82, 2.24) is 20.2 Å². The van der Waals surface area contributed by atoms with Crippen LogP contribution >= 0.6 is 11.8 Å². The molecule has 0 aliphatic heterocycles. The number of hydrogen-bond donors (Lipinski definition) is 2. The molecule has 3 aromatic carbocycles. The Kier molecular flexibility index (Phi) is 7.24. The third kappa shape index (κ3) is 5.44. The third-order valence-electron chi connectivity index (χ3n) is 4.94. The Morgan fingerprint density at radius 1 is 1.06 bits per heavy atom. The zero-order valence-electron chi connectivity index (χ0n) is 18.7. The number of aromatic nitrogens is 3. The Hall–Kier alpha value is -4.11. The number of thioether (sulfide) groups is 1. The highest BCUT2D eigenvalue weighted by atomic mass is 32.2. The van der Waals surface area contributed by atoms with Gasteiger partial charge in [-0.1, -0.05) is 54.2 Å². The van der Waals surface area contributed by atoms with Crippen molar-refractivity contribution < 1.29 is 14.6 Å². The predicted molar refractivity (Wildman–Crippen MR) is 133 cm³/mol. The van der Waals surface area contributed by atoms with Gasteiger partial charge in [0.15, 0.2) is 11.0 Å². The fourth-order valence-electron chi connectivity index (χ4n) is 3.21. The van der Waals surface area contributed by atoms with Crippen molar-refractivity contribution in [2.24, 2.45) is 5.10 Å². The number of phenols is 1. The highest BCUT2D eigenvalue weighted by Crippen LogP contribution is 2.28. The fourth-order valence-corrected chi connectivity index (χ4v) is 3.95. The lowest BCUT2D eigenvalue weighted by atomic mass is 10.1. The van der Waals surface area contributed by atoms with E-state index in [0.717, 1.165) is 22.6 Å². The van der Waals surface area contributed by atoms with Gasteiger partial charge < -0.3 is 9.84 Å². The Morgan fingerprint density at radius 2 is 1.82 bits per heavy atom. The summed E-state index contributed by atoms with van der Waals surface area (Å²) in [6.45, 7) is 1.76. The Morgan fingerprint density at radius 3 is 2.53 bits per heavy atom. The van der Waals surface area contributed by atoms with Gasteiger partial charge in [-0.25, -0.2) is 5.43 Å². The first kappa shape index (κ1) is 23.1. The van der Waals surface area contributed by atoms with Gasteiger partial charge in [-0.05, 0) is 43.3 Å². The number of carbonyl (C=O) groups excluding carboxylic acids is 1. The molecule has 34 heavy (non-hydrogen) atoms. The summed E-state index contributed by atoms with van der Waals surface area (Å²) in [5.41, 5.74) is 5.63. The maximum Gasteiger partial charge on any atom is 0.250 e. The number of amides is 1. The summed E-state index contributed by atoms with van der Waals surface area (Å²) in [5, 5.41) is 23.0. The van der Waals surface area contributed by atoms with E-state index in [1.54, 1.807) is 32.2 Å². The van der Waals surface area contributed by atoms with Crippen LogP contribution in [0, 0.1) is 0 Å². The molecule has 1 amide bonds. The van der Waals surface area contributed by atoms with E-state index >= 15 is 0 Å². The average Bonchev–Trinajstić information content (AvgIpc) is 3.30. The third-order valence-corrected chi connectivity index (χ3v) is 5.87. The summed E-state index contributed by atoms with van der Waals surface area (Å²) < 4.78 is 7.18. The number of ether oxygens (including phenoxy) is 1. The lowest BCUT2D eigenvalue weighted by molar-refractivity contribution is -0.118. The molecule has 0 spiro atoms. The summed E-state index contributed by atoms with van der Waals surface area (Å²) in [6, 6.07) is 24.0. The van der Waals surface area contributed by atoms with E-state index in [-0.39, 0.29) is 17.4 Å². The smallest absolute Gasteiger partial charge is 0.250 e.